The first-order valence-electron chi connectivity index (χ1n) is 8.85. The van der Waals surface area contributed by atoms with E-state index in [1.807, 2.05) is 72.8 Å². The number of hydrogen-bond donors (Lipinski definition) is 0. The number of ether oxygens (including phenoxy) is 3. The van der Waals surface area contributed by atoms with Gasteiger partial charge in [-0.3, -0.25) is 4.79 Å². The molecule has 0 aliphatic carbocycles. The first-order valence-corrected chi connectivity index (χ1v) is 8.85. The van der Waals surface area contributed by atoms with Crippen LogP contribution in [0.15, 0.2) is 78.9 Å². The van der Waals surface area contributed by atoms with E-state index in [1.165, 1.54) is 0 Å². The Bertz CT molecular complexity index is 936. The summed E-state index contributed by atoms with van der Waals surface area (Å²) in [4.78, 5) is 12.9. The molecule has 2 atom stereocenters. The molecule has 0 amide bonds. The number of Topliss-reactive ketones (excluding diaryl/α,β-unsaturated/α-hetero) is 1. The monoisotopic (exact) mass is 360 g/mol. The Labute approximate surface area is 158 Å². The van der Waals surface area contributed by atoms with Crippen LogP contribution in [-0.2, 0) is 11.3 Å². The molecule has 136 valence electrons. The van der Waals surface area contributed by atoms with Gasteiger partial charge in [-0.15, -0.1) is 0 Å². The number of rotatable bonds is 7. The third kappa shape index (κ3) is 3.86. The van der Waals surface area contributed by atoms with Crippen LogP contribution in [0.2, 0.25) is 0 Å². The molecule has 4 nitrogen and oxygen atoms in total. The number of benzene rings is 3. The summed E-state index contributed by atoms with van der Waals surface area (Å²) < 4.78 is 16.8. The summed E-state index contributed by atoms with van der Waals surface area (Å²) in [5.41, 5.74) is 2.54. The van der Waals surface area contributed by atoms with Crippen LogP contribution in [0.3, 0.4) is 0 Å². The van der Waals surface area contributed by atoms with Gasteiger partial charge in [0.15, 0.2) is 11.9 Å². The van der Waals surface area contributed by atoms with Crippen molar-refractivity contribution in [2.75, 3.05) is 7.11 Å². The van der Waals surface area contributed by atoms with Crippen molar-refractivity contribution < 1.29 is 19.0 Å². The standard InChI is InChI=1S/C23H20O4/c1-25-18-11-7-10-17(14-18)22-23(27-22)21(24)19-12-5-6-13-20(19)26-15-16-8-3-2-4-9-16/h2-14,22-23H,15H2,1H3. The Morgan fingerprint density at radius 3 is 2.56 bits per heavy atom. The second-order valence-corrected chi connectivity index (χ2v) is 6.39. The van der Waals surface area contributed by atoms with E-state index in [-0.39, 0.29) is 11.9 Å². The van der Waals surface area contributed by atoms with Crippen molar-refractivity contribution in [2.45, 2.75) is 18.8 Å². The summed E-state index contributed by atoms with van der Waals surface area (Å²) in [6.45, 7) is 0.413. The van der Waals surface area contributed by atoms with Gasteiger partial charge in [0.05, 0.1) is 12.7 Å². The molecule has 1 fully saturated rings. The number of para-hydroxylation sites is 1. The number of methoxy groups -OCH3 is 1. The highest BCUT2D eigenvalue weighted by Crippen LogP contribution is 2.42. The predicted octanol–water partition coefficient (Wildman–Crippen LogP) is 4.60. The lowest BCUT2D eigenvalue weighted by Gasteiger charge is -2.10. The van der Waals surface area contributed by atoms with E-state index in [2.05, 4.69) is 0 Å². The van der Waals surface area contributed by atoms with E-state index < -0.39 is 6.10 Å². The molecule has 0 N–H and O–H groups in total. The van der Waals surface area contributed by atoms with Crippen molar-refractivity contribution >= 4 is 5.78 Å². The van der Waals surface area contributed by atoms with E-state index in [0.717, 1.165) is 16.9 Å². The molecule has 0 radical (unpaired) electrons. The molecular weight excluding hydrogens is 340 g/mol. The third-order valence-electron chi connectivity index (χ3n) is 4.56. The number of carbonyl (C=O) groups excluding carboxylic acids is 1. The smallest absolute Gasteiger partial charge is 0.198 e. The fraction of sp³-hybridized carbons (Fsp3) is 0.174. The van der Waals surface area contributed by atoms with Gasteiger partial charge in [0.1, 0.15) is 24.2 Å². The molecule has 0 aromatic heterocycles. The van der Waals surface area contributed by atoms with Gasteiger partial charge in [-0.2, -0.15) is 0 Å². The summed E-state index contributed by atoms with van der Waals surface area (Å²) >= 11 is 0. The zero-order chi connectivity index (χ0) is 18.6. The van der Waals surface area contributed by atoms with E-state index >= 15 is 0 Å². The molecule has 4 rings (SSSR count). The minimum Gasteiger partial charge on any atom is -0.497 e. The van der Waals surface area contributed by atoms with Crippen LogP contribution in [0.25, 0.3) is 0 Å². The predicted molar refractivity (Wildman–Crippen MR) is 102 cm³/mol. The van der Waals surface area contributed by atoms with Crippen LogP contribution >= 0.6 is 0 Å². The molecule has 4 heteroatoms. The second kappa shape index (κ2) is 7.64. The largest absolute Gasteiger partial charge is 0.497 e. The average molecular weight is 360 g/mol. The number of epoxide rings is 1. The lowest BCUT2D eigenvalue weighted by molar-refractivity contribution is 0.0949. The van der Waals surface area contributed by atoms with Crippen molar-refractivity contribution in [2.24, 2.45) is 0 Å². The lowest BCUT2D eigenvalue weighted by Crippen LogP contribution is -2.10. The van der Waals surface area contributed by atoms with Gasteiger partial charge in [0, 0.05) is 0 Å². The van der Waals surface area contributed by atoms with Crippen LogP contribution in [-0.4, -0.2) is 19.0 Å². The number of ketones is 1. The van der Waals surface area contributed by atoms with Gasteiger partial charge in [0.25, 0.3) is 0 Å². The van der Waals surface area contributed by atoms with Crippen LogP contribution < -0.4 is 9.47 Å². The zero-order valence-electron chi connectivity index (χ0n) is 15.0. The maximum atomic E-state index is 12.9. The van der Waals surface area contributed by atoms with Crippen molar-refractivity contribution in [3.8, 4) is 11.5 Å². The molecule has 1 aliphatic heterocycles. The topological polar surface area (TPSA) is 48.1 Å². The van der Waals surface area contributed by atoms with Crippen molar-refractivity contribution in [1.29, 1.82) is 0 Å². The summed E-state index contributed by atoms with van der Waals surface area (Å²) in [5, 5.41) is 0. The maximum absolute atomic E-state index is 12.9. The quantitative estimate of drug-likeness (QED) is 0.456. The van der Waals surface area contributed by atoms with Gasteiger partial charge in [-0.05, 0) is 35.4 Å². The van der Waals surface area contributed by atoms with Crippen molar-refractivity contribution in [1.82, 2.24) is 0 Å². The summed E-state index contributed by atoms with van der Waals surface area (Å²) in [7, 11) is 1.62. The van der Waals surface area contributed by atoms with E-state index in [4.69, 9.17) is 14.2 Å². The lowest BCUT2D eigenvalue weighted by atomic mass is 10.0. The van der Waals surface area contributed by atoms with Crippen LogP contribution in [0.1, 0.15) is 27.6 Å². The van der Waals surface area contributed by atoms with Gasteiger partial charge in [0.2, 0.25) is 0 Å². The minimum atomic E-state index is -0.487. The molecule has 0 spiro atoms. The first-order chi connectivity index (χ1) is 13.3. The first kappa shape index (κ1) is 17.3. The normalized spacial score (nSPS) is 18.0. The molecule has 0 saturated carbocycles. The Morgan fingerprint density at radius 2 is 1.74 bits per heavy atom. The molecule has 3 aromatic rings. The van der Waals surface area contributed by atoms with Gasteiger partial charge in [-0.1, -0.05) is 54.6 Å². The summed E-state index contributed by atoms with van der Waals surface area (Å²) in [6, 6.07) is 24.8. The fourth-order valence-electron chi connectivity index (χ4n) is 3.07. The van der Waals surface area contributed by atoms with Crippen LogP contribution in [0.4, 0.5) is 0 Å². The van der Waals surface area contributed by atoms with Gasteiger partial charge in [-0.25, -0.2) is 0 Å². The molecule has 0 bridgehead atoms. The molecule has 2 unspecified atom stereocenters. The Morgan fingerprint density at radius 1 is 0.963 bits per heavy atom. The number of carbonyl (C=O) groups is 1. The Hall–Kier alpha value is -3.11. The van der Waals surface area contributed by atoms with E-state index in [0.29, 0.717) is 17.9 Å². The third-order valence-corrected chi connectivity index (χ3v) is 4.56. The molecule has 1 saturated heterocycles. The summed E-state index contributed by atoms with van der Waals surface area (Å²) in [5.74, 6) is 1.26. The minimum absolute atomic E-state index is 0.0634. The van der Waals surface area contributed by atoms with Crippen molar-refractivity contribution in [3.05, 3.63) is 95.6 Å². The second-order valence-electron chi connectivity index (χ2n) is 6.39. The van der Waals surface area contributed by atoms with Crippen LogP contribution in [0, 0.1) is 0 Å². The SMILES string of the molecule is COc1cccc(C2OC2C(=O)c2ccccc2OCc2ccccc2)c1. The fourth-order valence-corrected chi connectivity index (χ4v) is 3.07. The molecule has 27 heavy (non-hydrogen) atoms. The zero-order valence-corrected chi connectivity index (χ0v) is 15.0. The highest BCUT2D eigenvalue weighted by molar-refractivity contribution is 6.03. The average Bonchev–Trinajstić information content (AvgIpc) is 3.54. The van der Waals surface area contributed by atoms with Crippen LogP contribution in [0.5, 0.6) is 11.5 Å². The number of hydrogen-bond acceptors (Lipinski definition) is 4. The Kier molecular flexibility index (Phi) is 4.90. The van der Waals surface area contributed by atoms with Crippen molar-refractivity contribution in [3.63, 3.8) is 0 Å². The maximum Gasteiger partial charge on any atom is 0.198 e. The summed E-state index contributed by atoms with van der Waals surface area (Å²) in [6.07, 6.45) is -0.728. The highest BCUT2D eigenvalue weighted by atomic mass is 16.6. The van der Waals surface area contributed by atoms with Gasteiger partial charge >= 0.3 is 0 Å². The van der Waals surface area contributed by atoms with E-state index in [1.54, 1.807) is 13.2 Å². The molecule has 1 heterocycles. The highest BCUT2D eigenvalue weighted by Gasteiger charge is 2.47. The van der Waals surface area contributed by atoms with E-state index in [9.17, 15) is 4.79 Å². The molecular formula is C23H20O4. The van der Waals surface area contributed by atoms with Gasteiger partial charge < -0.3 is 14.2 Å². The Balaban J connectivity index is 1.48. The molecule has 1 aliphatic rings. The molecule has 3 aromatic carbocycles.